The zero-order chi connectivity index (χ0) is 10.2. The van der Waals surface area contributed by atoms with Gasteiger partial charge in [0.1, 0.15) is 0 Å². The first kappa shape index (κ1) is 13.8. The highest BCUT2D eigenvalue weighted by atomic mass is 35.9. The average Bonchev–Trinajstić information content (AvgIpc) is 1.52. The van der Waals surface area contributed by atoms with Crippen molar-refractivity contribution in [2.75, 3.05) is 0 Å². The highest BCUT2D eigenvalue weighted by Crippen LogP contribution is 2.79. The van der Waals surface area contributed by atoms with Gasteiger partial charge in [0.25, 0.3) is 3.53 Å². The highest BCUT2D eigenvalue weighted by Gasteiger charge is 2.41. The van der Waals surface area contributed by atoms with Crippen molar-refractivity contribution in [3.8, 4) is 0 Å². The van der Waals surface area contributed by atoms with E-state index in [0.717, 1.165) is 0 Å². The molecule has 11 heteroatoms. The lowest BCUT2D eigenvalue weighted by Crippen LogP contribution is -1.93. The number of hydrogen-bond donors (Lipinski definition) is 0. The molecule has 0 aliphatic carbocycles. The van der Waals surface area contributed by atoms with Gasteiger partial charge in [0, 0.05) is 0 Å². The molecular weight excluding hydrogens is 319 g/mol. The molecule has 0 N–H and O–H groups in total. The Morgan fingerprint density at radius 3 is 1.58 bits per heavy atom. The van der Waals surface area contributed by atoms with Crippen LogP contribution in [0.15, 0.2) is 4.52 Å². The smallest absolute Gasteiger partial charge is 0.224 e. The van der Waals surface area contributed by atoms with Gasteiger partial charge in [-0.1, -0.05) is 57.3 Å². The Morgan fingerprint density at radius 2 is 1.50 bits per heavy atom. The van der Waals surface area contributed by atoms with Crippen LogP contribution in [0.4, 0.5) is 8.39 Å². The van der Waals surface area contributed by atoms with Crippen LogP contribution in [0.25, 0.3) is 0 Å². The van der Waals surface area contributed by atoms with Crippen molar-refractivity contribution < 1.29 is 13.0 Å². The highest BCUT2D eigenvalue weighted by molar-refractivity contribution is 8.15. The first-order chi connectivity index (χ1) is 4.96. The Labute approximate surface area is 91.8 Å². The van der Waals surface area contributed by atoms with Gasteiger partial charge < -0.3 is 0 Å². The van der Waals surface area contributed by atoms with Crippen molar-refractivity contribution in [1.29, 1.82) is 0 Å². The van der Waals surface area contributed by atoms with Gasteiger partial charge in [0.2, 0.25) is 0 Å². The lowest BCUT2D eigenvalue weighted by Gasteiger charge is -2.16. The van der Waals surface area contributed by atoms with E-state index < -0.39 is 17.2 Å². The molecule has 12 heavy (non-hydrogen) atoms. The van der Waals surface area contributed by atoms with Crippen LogP contribution in [-0.4, -0.2) is 3.53 Å². The molecule has 0 aromatic heterocycles. The van der Waals surface area contributed by atoms with Gasteiger partial charge >= 0.3 is 7.91 Å². The van der Waals surface area contributed by atoms with Crippen molar-refractivity contribution in [2.45, 2.75) is 3.53 Å². The van der Waals surface area contributed by atoms with E-state index in [1.54, 1.807) is 0 Å². The molecule has 0 bridgehead atoms. The molecule has 0 aromatic carbocycles. The topological polar surface area (TPSA) is 29.4 Å². The third kappa shape index (κ3) is 4.85. The number of rotatable bonds is 1. The van der Waals surface area contributed by atoms with E-state index in [-0.39, 0.29) is 0 Å². The molecule has 0 saturated heterocycles. The van der Waals surface area contributed by atoms with Gasteiger partial charge in [0.05, 0.1) is 0 Å². The van der Waals surface area contributed by atoms with E-state index in [9.17, 15) is 13.0 Å². The summed E-state index contributed by atoms with van der Waals surface area (Å²) in [5.41, 5.74) is 0. The number of halogens is 7. The Kier molecular flexibility index (Phi) is 4.71. The summed E-state index contributed by atoms with van der Waals surface area (Å²) in [6.45, 7) is 0. The van der Waals surface area contributed by atoms with E-state index in [1.165, 1.54) is 0 Å². The third-order valence-corrected chi connectivity index (χ3v) is 9.36. The lowest BCUT2D eigenvalue weighted by molar-refractivity contribution is 0.497. The fourth-order valence-corrected chi connectivity index (χ4v) is 3.96. The molecule has 0 spiro atoms. The zero-order valence-electron chi connectivity index (χ0n) is 4.90. The second-order valence-corrected chi connectivity index (χ2v) is 11.2. The van der Waals surface area contributed by atoms with E-state index in [2.05, 4.69) is 4.52 Å². The first-order valence-corrected chi connectivity index (χ1v) is 8.18. The van der Waals surface area contributed by atoms with Crippen molar-refractivity contribution in [1.82, 2.24) is 0 Å². The molecule has 2 nitrogen and oxygen atoms in total. The van der Waals surface area contributed by atoms with Crippen LogP contribution in [-0.2, 0) is 4.57 Å². The zero-order valence-corrected chi connectivity index (χ0v) is 10.5. The maximum absolute atomic E-state index is 11.8. The average molecular weight is 319 g/mol. The number of alkyl halides is 3. The van der Waals surface area contributed by atoms with Crippen molar-refractivity contribution in [3.05, 3.63) is 0 Å². The summed E-state index contributed by atoms with van der Waals surface area (Å²) in [6, 6.07) is 0. The molecular formula is CCl5F2NOP2. The molecule has 0 aromatic rings. The molecule has 0 amide bonds. The standard InChI is InChI=1S/CCl5F2NOP2/c2-1(3,4)11(5,6)9-12(7,8)10. The quantitative estimate of drug-likeness (QED) is 0.439. The van der Waals surface area contributed by atoms with Crippen LogP contribution in [0.5, 0.6) is 0 Å². The minimum absolute atomic E-state index is 2.28. The van der Waals surface area contributed by atoms with Gasteiger partial charge in [-0.2, -0.15) is 4.52 Å². The summed E-state index contributed by atoms with van der Waals surface area (Å²) < 4.78 is 33.4. The number of nitrogens with zero attached hydrogens (tertiary/aromatic N) is 1. The third-order valence-electron chi connectivity index (χ3n) is 0.522. The van der Waals surface area contributed by atoms with Gasteiger partial charge in [-0.05, 0) is 0 Å². The van der Waals surface area contributed by atoms with Gasteiger partial charge in [-0.15, -0.1) is 8.39 Å². The Balaban J connectivity index is 5.13. The van der Waals surface area contributed by atoms with E-state index >= 15 is 0 Å². The van der Waals surface area contributed by atoms with E-state index in [0.29, 0.717) is 0 Å². The lowest BCUT2D eigenvalue weighted by atomic mass is 11.8. The summed E-state index contributed by atoms with van der Waals surface area (Å²) in [7, 11) is -5.73. The Morgan fingerprint density at radius 1 is 1.17 bits per heavy atom. The van der Waals surface area contributed by atoms with Crippen LogP contribution in [0.3, 0.4) is 0 Å². The molecule has 0 atom stereocenters. The van der Waals surface area contributed by atoms with Gasteiger partial charge in [0.15, 0.2) is 5.76 Å². The molecule has 0 unspecified atom stereocenters. The predicted molar refractivity (Wildman–Crippen MR) is 51.2 cm³/mol. The Bertz CT molecular complexity index is 261. The second-order valence-electron chi connectivity index (χ2n) is 1.48. The van der Waals surface area contributed by atoms with Crippen LogP contribution in [0.1, 0.15) is 0 Å². The van der Waals surface area contributed by atoms with Crippen molar-refractivity contribution in [2.24, 2.45) is 4.52 Å². The minimum Gasteiger partial charge on any atom is -0.224 e. The van der Waals surface area contributed by atoms with Crippen LogP contribution in [0, 0.1) is 0 Å². The largest absolute Gasteiger partial charge is 0.530 e. The molecule has 0 radical (unpaired) electrons. The maximum Gasteiger partial charge on any atom is 0.530 e. The normalized spacial score (nSPS) is 14.6. The fraction of sp³-hybridized carbons (Fsp3) is 1.00. The predicted octanol–water partition coefficient (Wildman–Crippen LogP) is 5.87. The van der Waals surface area contributed by atoms with Crippen molar-refractivity contribution >= 4 is 71.0 Å². The molecule has 0 fully saturated rings. The summed E-state index contributed by atoms with van der Waals surface area (Å²) >= 11 is 25.6. The first-order valence-electron chi connectivity index (χ1n) is 2.05. The molecule has 0 saturated carbocycles. The molecule has 0 rings (SSSR count). The Hall–Kier alpha value is 1.77. The van der Waals surface area contributed by atoms with Crippen molar-refractivity contribution in [3.63, 3.8) is 0 Å². The van der Waals surface area contributed by atoms with Gasteiger partial charge in [-0.25, -0.2) is 4.57 Å². The van der Waals surface area contributed by atoms with E-state index in [4.69, 9.17) is 57.3 Å². The summed E-state index contributed by atoms with van der Waals surface area (Å²) in [5, 5.41) is 0. The maximum atomic E-state index is 11.8. The van der Waals surface area contributed by atoms with Crippen LogP contribution in [0.2, 0.25) is 0 Å². The molecule has 0 aliphatic rings. The van der Waals surface area contributed by atoms with Crippen LogP contribution >= 0.6 is 71.0 Å². The monoisotopic (exact) mass is 317 g/mol. The molecule has 74 valence electrons. The molecule has 0 aliphatic heterocycles. The number of hydrogen-bond acceptors (Lipinski definition) is 1. The SMILES string of the molecule is O=P(F)(F)N=P(Cl)(Cl)C(Cl)(Cl)Cl. The minimum atomic E-state index is -5.73. The second kappa shape index (κ2) is 4.10. The fourth-order valence-electron chi connectivity index (χ4n) is 0.181. The summed E-state index contributed by atoms with van der Waals surface area (Å²) in [6.07, 6.45) is 0. The van der Waals surface area contributed by atoms with Crippen LogP contribution < -0.4 is 0 Å². The summed E-state index contributed by atoms with van der Waals surface area (Å²) in [5.74, 6) is -3.90. The summed E-state index contributed by atoms with van der Waals surface area (Å²) in [4.78, 5) is 0. The van der Waals surface area contributed by atoms with E-state index in [1.807, 2.05) is 0 Å². The van der Waals surface area contributed by atoms with Gasteiger partial charge in [-0.3, -0.25) is 0 Å². The molecule has 0 heterocycles.